The van der Waals surface area contributed by atoms with E-state index in [1.807, 2.05) is 0 Å². The zero-order valence-corrected chi connectivity index (χ0v) is 20.0. The van der Waals surface area contributed by atoms with Crippen molar-refractivity contribution in [1.29, 1.82) is 0 Å². The number of fused-ring (bicyclic) bond motifs is 5. The molecule has 4 aliphatic carbocycles. The molecule has 1 saturated heterocycles. The molecule has 0 amide bonds. The van der Waals surface area contributed by atoms with Gasteiger partial charge in [-0.3, -0.25) is 4.79 Å². The Bertz CT molecular complexity index is 700. The first kappa shape index (κ1) is 21.4. The van der Waals surface area contributed by atoms with Gasteiger partial charge in [0.15, 0.2) is 0 Å². The maximum Gasteiger partial charge on any atom is 0.133 e. The minimum Gasteiger partial charge on any atom is -0.393 e. The predicted octanol–water partition coefficient (Wildman–Crippen LogP) is 5.78. The summed E-state index contributed by atoms with van der Waals surface area (Å²) in [6, 6.07) is 0. The predicted molar refractivity (Wildman–Crippen MR) is 119 cm³/mol. The van der Waals surface area contributed by atoms with Gasteiger partial charge in [-0.15, -0.1) is 0 Å². The highest BCUT2D eigenvalue weighted by atomic mass is 16.6. The van der Waals surface area contributed by atoms with E-state index in [1.165, 1.54) is 38.5 Å². The Morgan fingerprint density at radius 2 is 1.77 bits per heavy atom. The number of carbonyl (C=O) groups excluding carboxylic acids is 1. The van der Waals surface area contributed by atoms with E-state index in [0.29, 0.717) is 41.0 Å². The normalized spacial score (nSPS) is 52.9. The summed E-state index contributed by atoms with van der Waals surface area (Å²) in [5, 5.41) is 11.3. The molecule has 0 radical (unpaired) electrons. The summed E-state index contributed by atoms with van der Waals surface area (Å²) in [5.74, 6) is 4.12. The average Bonchev–Trinajstić information content (AvgIpc) is 3.13. The molecule has 0 aromatic carbocycles. The number of rotatable bonds is 4. The minimum atomic E-state index is -0.196. The number of carbonyl (C=O) groups is 1. The smallest absolute Gasteiger partial charge is 0.133 e. The second-order valence-corrected chi connectivity index (χ2v) is 13.0. The van der Waals surface area contributed by atoms with Crippen LogP contribution in [-0.4, -0.2) is 28.7 Å². The summed E-state index contributed by atoms with van der Waals surface area (Å²) in [4.78, 5) is 12.1. The molecule has 0 aromatic rings. The molecule has 0 aromatic heterocycles. The van der Waals surface area contributed by atoms with Crippen LogP contribution in [0.2, 0.25) is 0 Å². The quantitative estimate of drug-likeness (QED) is 0.591. The highest BCUT2D eigenvalue weighted by Crippen LogP contribution is 2.68. The molecular weight excluding hydrogens is 372 g/mol. The van der Waals surface area contributed by atoms with Crippen molar-refractivity contribution in [2.45, 2.75) is 117 Å². The number of epoxide rings is 1. The lowest BCUT2D eigenvalue weighted by atomic mass is 9.44. The fourth-order valence-electron chi connectivity index (χ4n) is 9.34. The lowest BCUT2D eigenvalue weighted by molar-refractivity contribution is -0.168. The van der Waals surface area contributed by atoms with Crippen LogP contribution in [0.15, 0.2) is 0 Å². The molecule has 170 valence electrons. The molecular formula is C27H44O3. The Morgan fingerprint density at radius 3 is 2.47 bits per heavy atom. The van der Waals surface area contributed by atoms with Gasteiger partial charge in [-0.1, -0.05) is 20.8 Å². The van der Waals surface area contributed by atoms with Gasteiger partial charge in [0.25, 0.3) is 0 Å². The molecule has 10 atom stereocenters. The zero-order chi connectivity index (χ0) is 21.5. The lowest BCUT2D eigenvalue weighted by Crippen LogP contribution is -2.58. The Morgan fingerprint density at radius 1 is 1.07 bits per heavy atom. The van der Waals surface area contributed by atoms with Gasteiger partial charge in [0.05, 0.1) is 17.8 Å². The van der Waals surface area contributed by atoms with Crippen LogP contribution in [-0.2, 0) is 9.53 Å². The SMILES string of the molecule is C[C@H](CCC1OC1(C)C)[C@H]1CC[C@H]2[C@@H]3[C@H](O)C[C@@H]4CC(=O)CC[C@]4(C)[C@H]3CC[C@]12C. The molecule has 30 heavy (non-hydrogen) atoms. The Kier molecular flexibility index (Phi) is 5.03. The maximum absolute atomic E-state index is 12.1. The van der Waals surface area contributed by atoms with Crippen molar-refractivity contribution in [3.63, 3.8) is 0 Å². The molecule has 1 aliphatic heterocycles. The third kappa shape index (κ3) is 3.16. The largest absolute Gasteiger partial charge is 0.393 e. The summed E-state index contributed by atoms with van der Waals surface area (Å²) < 4.78 is 5.85. The Labute approximate surface area is 183 Å². The maximum atomic E-state index is 12.1. The highest BCUT2D eigenvalue weighted by molar-refractivity contribution is 5.79. The van der Waals surface area contributed by atoms with E-state index in [4.69, 9.17) is 4.74 Å². The van der Waals surface area contributed by atoms with Crippen LogP contribution in [0.1, 0.15) is 98.8 Å². The lowest BCUT2D eigenvalue weighted by Gasteiger charge is -2.62. The summed E-state index contributed by atoms with van der Waals surface area (Å²) in [7, 11) is 0. The molecule has 1 heterocycles. The van der Waals surface area contributed by atoms with Gasteiger partial charge >= 0.3 is 0 Å². The van der Waals surface area contributed by atoms with Gasteiger partial charge in [0.1, 0.15) is 5.78 Å². The van der Waals surface area contributed by atoms with Crippen molar-refractivity contribution in [3.05, 3.63) is 0 Å². The fourth-order valence-corrected chi connectivity index (χ4v) is 9.34. The third-order valence-corrected chi connectivity index (χ3v) is 11.3. The van der Waals surface area contributed by atoms with E-state index in [9.17, 15) is 9.90 Å². The molecule has 5 fully saturated rings. The highest BCUT2D eigenvalue weighted by Gasteiger charge is 2.63. The third-order valence-electron chi connectivity index (χ3n) is 11.3. The second kappa shape index (κ2) is 7.04. The molecule has 3 nitrogen and oxygen atoms in total. The van der Waals surface area contributed by atoms with Crippen LogP contribution < -0.4 is 0 Å². The van der Waals surface area contributed by atoms with Crippen molar-refractivity contribution in [3.8, 4) is 0 Å². The van der Waals surface area contributed by atoms with E-state index < -0.39 is 0 Å². The van der Waals surface area contributed by atoms with E-state index in [1.54, 1.807) is 0 Å². The molecule has 1 unspecified atom stereocenters. The first-order valence-corrected chi connectivity index (χ1v) is 12.9. The van der Waals surface area contributed by atoms with Crippen LogP contribution >= 0.6 is 0 Å². The Balaban J connectivity index is 1.32. The average molecular weight is 417 g/mol. The van der Waals surface area contributed by atoms with Gasteiger partial charge < -0.3 is 9.84 Å². The second-order valence-electron chi connectivity index (χ2n) is 13.0. The topological polar surface area (TPSA) is 49.8 Å². The number of hydrogen-bond donors (Lipinski definition) is 1. The van der Waals surface area contributed by atoms with Crippen molar-refractivity contribution >= 4 is 5.78 Å². The zero-order valence-electron chi connectivity index (χ0n) is 20.0. The van der Waals surface area contributed by atoms with Gasteiger partial charge in [-0.05, 0) is 112 Å². The first-order chi connectivity index (χ1) is 14.1. The van der Waals surface area contributed by atoms with Crippen LogP contribution in [0.4, 0.5) is 0 Å². The van der Waals surface area contributed by atoms with E-state index >= 15 is 0 Å². The minimum absolute atomic E-state index is 0.111. The fraction of sp³-hybridized carbons (Fsp3) is 0.963. The van der Waals surface area contributed by atoms with Crippen LogP contribution in [0, 0.1) is 46.3 Å². The van der Waals surface area contributed by atoms with Crippen LogP contribution in [0.3, 0.4) is 0 Å². The van der Waals surface area contributed by atoms with Crippen LogP contribution in [0.25, 0.3) is 0 Å². The van der Waals surface area contributed by atoms with Crippen molar-refractivity contribution < 1.29 is 14.6 Å². The van der Waals surface area contributed by atoms with Gasteiger partial charge in [-0.2, -0.15) is 0 Å². The number of ketones is 1. The van der Waals surface area contributed by atoms with Gasteiger partial charge in [0.2, 0.25) is 0 Å². The summed E-state index contributed by atoms with van der Waals surface area (Å²) >= 11 is 0. The summed E-state index contributed by atoms with van der Waals surface area (Å²) in [6.45, 7) is 12.0. The number of aliphatic hydroxyl groups excluding tert-OH is 1. The molecule has 5 rings (SSSR count). The summed E-state index contributed by atoms with van der Waals surface area (Å²) in [6.07, 6.45) is 11.4. The van der Waals surface area contributed by atoms with Crippen LogP contribution in [0.5, 0.6) is 0 Å². The van der Waals surface area contributed by atoms with Crippen molar-refractivity contribution in [2.75, 3.05) is 0 Å². The van der Waals surface area contributed by atoms with Gasteiger partial charge in [-0.25, -0.2) is 0 Å². The molecule has 0 spiro atoms. The molecule has 0 bridgehead atoms. The molecule has 3 heteroatoms. The molecule has 1 N–H and O–H groups in total. The van der Waals surface area contributed by atoms with E-state index in [0.717, 1.165) is 37.5 Å². The van der Waals surface area contributed by atoms with E-state index in [2.05, 4.69) is 34.6 Å². The monoisotopic (exact) mass is 416 g/mol. The first-order valence-electron chi connectivity index (χ1n) is 12.9. The molecule has 4 saturated carbocycles. The standard InChI is InChI=1S/C27H44O3/c1-16(6-9-23-25(2,3)30-23)19-7-8-20-24-21(11-13-27(19,20)5)26(4)12-10-18(28)14-17(26)15-22(24)29/h16-17,19-24,29H,6-15H2,1-5H3/t16-,17+,19-,20+,21+,22-,23?,24+,26+,27-/m1/s1. The van der Waals surface area contributed by atoms with Gasteiger partial charge in [0, 0.05) is 12.8 Å². The Hall–Kier alpha value is -0.410. The number of Topliss-reactive ketones (excluding diaryl/α,β-unsaturated/α-hetero) is 1. The number of aliphatic hydroxyl groups is 1. The number of ether oxygens (including phenoxy) is 1. The van der Waals surface area contributed by atoms with E-state index in [-0.39, 0.29) is 17.1 Å². The van der Waals surface area contributed by atoms with Crippen molar-refractivity contribution in [1.82, 2.24) is 0 Å². The molecule has 5 aliphatic rings. The number of hydrogen-bond acceptors (Lipinski definition) is 3. The van der Waals surface area contributed by atoms with Crippen molar-refractivity contribution in [2.24, 2.45) is 46.3 Å². The summed E-state index contributed by atoms with van der Waals surface area (Å²) in [5.41, 5.74) is 0.770.